The van der Waals surface area contributed by atoms with Crippen LogP contribution in [0.5, 0.6) is 11.5 Å². The number of anilines is 2. The third kappa shape index (κ3) is 4.50. The highest BCUT2D eigenvalue weighted by Crippen LogP contribution is 2.32. The minimum Gasteiger partial charge on any atom is -0.454 e. The average molecular weight is 384 g/mol. The lowest BCUT2D eigenvalue weighted by molar-refractivity contribution is -0.120. The van der Waals surface area contributed by atoms with E-state index < -0.39 is 18.0 Å². The standard InChI is InChI=1S/C19H20N4O5/c1-11(17(24)23-19(26)20-2)21-13-4-3-5-14(9-13)22-18(25)12-6-7-15-16(8-12)28-10-27-15/h3-9,11,21H,10H2,1-2H3,(H,22,25)(H2,20,23,24,26)/t11-/m0/s1. The summed E-state index contributed by atoms with van der Waals surface area (Å²) >= 11 is 0. The number of carbonyl (C=O) groups excluding carboxylic acids is 3. The molecule has 2 aromatic rings. The summed E-state index contributed by atoms with van der Waals surface area (Å²) < 4.78 is 10.5. The van der Waals surface area contributed by atoms with Gasteiger partial charge in [-0.2, -0.15) is 0 Å². The highest BCUT2D eigenvalue weighted by molar-refractivity contribution is 6.05. The molecule has 1 atom stereocenters. The van der Waals surface area contributed by atoms with Crippen LogP contribution in [0.25, 0.3) is 0 Å². The molecule has 0 saturated carbocycles. The predicted molar refractivity (Wildman–Crippen MR) is 103 cm³/mol. The summed E-state index contributed by atoms with van der Waals surface area (Å²) in [4.78, 5) is 35.6. The normalized spacial score (nSPS) is 12.6. The SMILES string of the molecule is CNC(=O)NC(=O)[C@H](C)Nc1cccc(NC(=O)c2ccc3c(c2)OCO3)c1. The maximum atomic E-state index is 12.5. The molecule has 2 aromatic carbocycles. The molecule has 4 amide bonds. The van der Waals surface area contributed by atoms with Crippen molar-refractivity contribution in [3.63, 3.8) is 0 Å². The number of carbonyl (C=O) groups is 3. The summed E-state index contributed by atoms with van der Waals surface area (Å²) in [5.74, 6) is 0.348. The quantitative estimate of drug-likeness (QED) is 0.626. The van der Waals surface area contributed by atoms with Crippen LogP contribution in [0.4, 0.5) is 16.2 Å². The van der Waals surface area contributed by atoms with E-state index in [1.54, 1.807) is 49.4 Å². The summed E-state index contributed by atoms with van der Waals surface area (Å²) in [6.45, 7) is 1.76. The summed E-state index contributed by atoms with van der Waals surface area (Å²) in [6.07, 6.45) is 0. The van der Waals surface area contributed by atoms with Crippen molar-refractivity contribution in [1.29, 1.82) is 0 Å². The van der Waals surface area contributed by atoms with Crippen molar-refractivity contribution in [2.75, 3.05) is 24.5 Å². The Morgan fingerprint density at radius 3 is 2.54 bits per heavy atom. The number of ether oxygens (including phenoxy) is 2. The van der Waals surface area contributed by atoms with Gasteiger partial charge >= 0.3 is 6.03 Å². The van der Waals surface area contributed by atoms with E-state index in [2.05, 4.69) is 21.3 Å². The summed E-state index contributed by atoms with van der Waals surface area (Å²) in [5.41, 5.74) is 1.59. The summed E-state index contributed by atoms with van der Waals surface area (Å²) in [5, 5.41) is 10.3. The number of hydrogen-bond acceptors (Lipinski definition) is 6. The second kappa shape index (κ2) is 8.30. The van der Waals surface area contributed by atoms with Gasteiger partial charge < -0.3 is 25.4 Å². The molecule has 0 fully saturated rings. The first-order valence-electron chi connectivity index (χ1n) is 8.56. The van der Waals surface area contributed by atoms with E-state index in [9.17, 15) is 14.4 Å². The Kier molecular flexibility index (Phi) is 5.64. The zero-order chi connectivity index (χ0) is 20.1. The number of urea groups is 1. The van der Waals surface area contributed by atoms with E-state index in [0.29, 0.717) is 28.4 Å². The lowest BCUT2D eigenvalue weighted by Crippen LogP contribution is -2.44. The van der Waals surface area contributed by atoms with Crippen LogP contribution in [0.2, 0.25) is 0 Å². The van der Waals surface area contributed by atoms with Crippen molar-refractivity contribution in [2.24, 2.45) is 0 Å². The fraction of sp³-hybridized carbons (Fsp3) is 0.211. The number of imide groups is 1. The minimum atomic E-state index is -0.655. The van der Waals surface area contributed by atoms with Crippen molar-refractivity contribution in [2.45, 2.75) is 13.0 Å². The molecule has 4 N–H and O–H groups in total. The second-order valence-electron chi connectivity index (χ2n) is 6.04. The topological polar surface area (TPSA) is 118 Å². The smallest absolute Gasteiger partial charge is 0.321 e. The van der Waals surface area contributed by atoms with Gasteiger partial charge in [0.05, 0.1) is 0 Å². The van der Waals surface area contributed by atoms with Gasteiger partial charge in [0.15, 0.2) is 11.5 Å². The van der Waals surface area contributed by atoms with Crippen molar-refractivity contribution >= 4 is 29.2 Å². The molecule has 1 aliphatic heterocycles. The van der Waals surface area contributed by atoms with Gasteiger partial charge in [0.25, 0.3) is 5.91 Å². The Labute approximate surface area is 161 Å². The molecule has 9 nitrogen and oxygen atoms in total. The predicted octanol–water partition coefficient (Wildman–Crippen LogP) is 1.92. The Hall–Kier alpha value is -3.75. The molecule has 28 heavy (non-hydrogen) atoms. The van der Waals surface area contributed by atoms with Crippen molar-refractivity contribution < 1.29 is 23.9 Å². The highest BCUT2D eigenvalue weighted by atomic mass is 16.7. The highest BCUT2D eigenvalue weighted by Gasteiger charge is 2.17. The second-order valence-corrected chi connectivity index (χ2v) is 6.04. The molecule has 0 spiro atoms. The van der Waals surface area contributed by atoms with Gasteiger partial charge in [-0.15, -0.1) is 0 Å². The first-order chi connectivity index (χ1) is 13.5. The summed E-state index contributed by atoms with van der Waals surface area (Å²) in [6, 6.07) is 10.6. The van der Waals surface area contributed by atoms with Gasteiger partial charge in [0.2, 0.25) is 12.7 Å². The molecule has 0 aliphatic carbocycles. The monoisotopic (exact) mass is 384 g/mol. The van der Waals surface area contributed by atoms with Crippen LogP contribution in [0.1, 0.15) is 17.3 Å². The molecule has 0 radical (unpaired) electrons. The molecule has 146 valence electrons. The van der Waals surface area contributed by atoms with Gasteiger partial charge in [-0.3, -0.25) is 14.9 Å². The zero-order valence-electron chi connectivity index (χ0n) is 15.4. The molecule has 0 unspecified atom stereocenters. The van der Waals surface area contributed by atoms with E-state index in [-0.39, 0.29) is 12.7 Å². The van der Waals surface area contributed by atoms with Crippen molar-refractivity contribution in [1.82, 2.24) is 10.6 Å². The third-order valence-corrected chi connectivity index (χ3v) is 4.00. The Morgan fingerprint density at radius 2 is 1.75 bits per heavy atom. The Morgan fingerprint density at radius 1 is 1.00 bits per heavy atom. The van der Waals surface area contributed by atoms with Crippen molar-refractivity contribution in [3.8, 4) is 11.5 Å². The van der Waals surface area contributed by atoms with E-state index in [0.717, 1.165) is 0 Å². The first-order valence-corrected chi connectivity index (χ1v) is 8.56. The van der Waals surface area contributed by atoms with E-state index in [1.807, 2.05) is 0 Å². The molecule has 0 saturated heterocycles. The van der Waals surface area contributed by atoms with Crippen LogP contribution in [-0.4, -0.2) is 37.7 Å². The van der Waals surface area contributed by atoms with E-state index >= 15 is 0 Å². The third-order valence-electron chi connectivity index (χ3n) is 4.00. The van der Waals surface area contributed by atoms with Gasteiger partial charge in [-0.25, -0.2) is 4.79 Å². The lowest BCUT2D eigenvalue weighted by Gasteiger charge is -2.15. The van der Waals surface area contributed by atoms with Crippen LogP contribution < -0.4 is 30.7 Å². The zero-order valence-corrected chi connectivity index (χ0v) is 15.4. The molecule has 3 rings (SSSR count). The molecular weight excluding hydrogens is 364 g/mol. The number of rotatable bonds is 5. The van der Waals surface area contributed by atoms with Gasteiger partial charge in [0, 0.05) is 24.0 Å². The molecule has 9 heteroatoms. The van der Waals surface area contributed by atoms with E-state index in [1.165, 1.54) is 7.05 Å². The first kappa shape index (κ1) is 19.0. The van der Waals surface area contributed by atoms with Crippen LogP contribution >= 0.6 is 0 Å². The lowest BCUT2D eigenvalue weighted by atomic mass is 10.1. The fourth-order valence-electron chi connectivity index (χ4n) is 2.53. The number of nitrogens with one attached hydrogen (secondary N) is 4. The number of amides is 4. The number of benzene rings is 2. The average Bonchev–Trinajstić information content (AvgIpc) is 3.15. The summed E-state index contributed by atoms with van der Waals surface area (Å²) in [7, 11) is 1.42. The number of fused-ring (bicyclic) bond motifs is 1. The maximum absolute atomic E-state index is 12.5. The molecular formula is C19H20N4O5. The van der Waals surface area contributed by atoms with E-state index in [4.69, 9.17) is 9.47 Å². The van der Waals surface area contributed by atoms with Crippen LogP contribution in [0.15, 0.2) is 42.5 Å². The largest absolute Gasteiger partial charge is 0.454 e. The molecule has 1 aliphatic rings. The number of hydrogen-bond donors (Lipinski definition) is 4. The van der Waals surface area contributed by atoms with Gasteiger partial charge in [-0.1, -0.05) is 6.07 Å². The fourth-order valence-corrected chi connectivity index (χ4v) is 2.53. The minimum absolute atomic E-state index is 0.139. The Balaban J connectivity index is 1.63. The Bertz CT molecular complexity index is 915. The molecule has 0 bridgehead atoms. The van der Waals surface area contributed by atoms with Gasteiger partial charge in [-0.05, 0) is 43.3 Å². The molecule has 1 heterocycles. The van der Waals surface area contributed by atoms with Gasteiger partial charge in [0.1, 0.15) is 6.04 Å². The maximum Gasteiger partial charge on any atom is 0.321 e. The van der Waals surface area contributed by atoms with Crippen molar-refractivity contribution in [3.05, 3.63) is 48.0 Å². The van der Waals surface area contributed by atoms with Crippen LogP contribution in [0.3, 0.4) is 0 Å². The van der Waals surface area contributed by atoms with Crippen LogP contribution in [-0.2, 0) is 4.79 Å². The van der Waals surface area contributed by atoms with Crippen LogP contribution in [0, 0.1) is 0 Å². The molecule has 0 aromatic heterocycles.